The van der Waals surface area contributed by atoms with Gasteiger partial charge in [0, 0.05) is 6.54 Å². The van der Waals surface area contributed by atoms with Crippen molar-refractivity contribution in [2.45, 2.75) is 64.9 Å². The Morgan fingerprint density at radius 2 is 2.00 bits per heavy atom. The molecule has 0 aliphatic heterocycles. The zero-order valence-corrected chi connectivity index (χ0v) is 14.4. The smallest absolute Gasteiger partial charge is 0.407 e. The van der Waals surface area contributed by atoms with E-state index in [-0.39, 0.29) is 11.7 Å². The number of allylic oxidation sites excluding steroid dienone is 4. The van der Waals surface area contributed by atoms with E-state index in [4.69, 9.17) is 4.74 Å². The predicted octanol–water partition coefficient (Wildman–Crippen LogP) is 5.15. The molecule has 0 radical (unpaired) electrons. The van der Waals surface area contributed by atoms with E-state index in [2.05, 4.69) is 11.9 Å². The molecule has 0 atom stereocenters. The molecule has 124 valence electrons. The van der Waals surface area contributed by atoms with Gasteiger partial charge in [-0.05, 0) is 51.5 Å². The molecule has 1 aliphatic rings. The van der Waals surface area contributed by atoms with E-state index in [1.54, 1.807) is 0 Å². The highest BCUT2D eigenvalue weighted by atomic mass is 16.6. The van der Waals surface area contributed by atoms with Gasteiger partial charge < -0.3 is 10.1 Å². The van der Waals surface area contributed by atoms with Crippen molar-refractivity contribution in [2.75, 3.05) is 6.54 Å². The second kappa shape index (κ2) is 9.50. The first kappa shape index (κ1) is 18.5. The molecule has 0 bridgehead atoms. The minimum atomic E-state index is -0.382. The van der Waals surface area contributed by atoms with Gasteiger partial charge >= 0.3 is 6.09 Å². The van der Waals surface area contributed by atoms with Crippen LogP contribution in [0.4, 0.5) is 4.79 Å². The van der Waals surface area contributed by atoms with Crippen molar-refractivity contribution in [1.29, 1.82) is 0 Å². The molecule has 0 saturated heterocycles. The van der Waals surface area contributed by atoms with Gasteiger partial charge in [-0.25, -0.2) is 4.79 Å². The standard InChI is InChI=1S/C19H31NO2/c1-5-7-11-16(6-2)14-15-20-18(21)22-19(3,4)17-12-9-8-10-13-17/h5-7,11,17H,2,8-10,12-15H2,1,3-4H3,(H,20,21). The van der Waals surface area contributed by atoms with Crippen LogP contribution in [0.5, 0.6) is 0 Å². The Morgan fingerprint density at radius 1 is 1.32 bits per heavy atom. The number of carbonyl (C=O) groups excluding carboxylic acids is 1. The molecule has 0 aromatic heterocycles. The van der Waals surface area contributed by atoms with E-state index in [1.165, 1.54) is 19.3 Å². The van der Waals surface area contributed by atoms with Crippen LogP contribution >= 0.6 is 0 Å². The summed E-state index contributed by atoms with van der Waals surface area (Å²) < 4.78 is 5.66. The lowest BCUT2D eigenvalue weighted by molar-refractivity contribution is -0.0183. The third-order valence-corrected chi connectivity index (χ3v) is 4.39. The van der Waals surface area contributed by atoms with Crippen molar-refractivity contribution in [3.8, 4) is 0 Å². The molecule has 0 heterocycles. The van der Waals surface area contributed by atoms with Gasteiger partial charge in [0.1, 0.15) is 5.60 Å². The van der Waals surface area contributed by atoms with Crippen molar-refractivity contribution >= 4 is 6.09 Å². The summed E-state index contributed by atoms with van der Waals surface area (Å²) in [6.45, 7) is 10.4. The average molecular weight is 305 g/mol. The molecule has 0 spiro atoms. The van der Waals surface area contributed by atoms with Crippen LogP contribution in [0.25, 0.3) is 0 Å². The number of nitrogens with one attached hydrogen (secondary N) is 1. The number of ether oxygens (including phenoxy) is 1. The Hall–Kier alpha value is -1.51. The van der Waals surface area contributed by atoms with Crippen LogP contribution in [0.3, 0.4) is 0 Å². The highest BCUT2D eigenvalue weighted by Gasteiger charge is 2.33. The van der Waals surface area contributed by atoms with E-state index >= 15 is 0 Å². The van der Waals surface area contributed by atoms with Crippen LogP contribution in [0.1, 0.15) is 59.3 Å². The topological polar surface area (TPSA) is 38.3 Å². The summed E-state index contributed by atoms with van der Waals surface area (Å²) in [6, 6.07) is 0. The molecule has 22 heavy (non-hydrogen) atoms. The lowest BCUT2D eigenvalue weighted by Crippen LogP contribution is -2.41. The summed E-state index contributed by atoms with van der Waals surface area (Å²) in [4.78, 5) is 12.0. The molecule has 1 aliphatic carbocycles. The normalized spacial score (nSPS) is 17.5. The molecule has 0 aromatic carbocycles. The van der Waals surface area contributed by atoms with Crippen molar-refractivity contribution < 1.29 is 9.53 Å². The Labute approximate surface area is 135 Å². The molecule has 1 saturated carbocycles. The molecule has 0 aromatic rings. The van der Waals surface area contributed by atoms with Gasteiger partial charge in [0.05, 0.1) is 0 Å². The summed E-state index contributed by atoms with van der Waals surface area (Å²) in [6.07, 6.45) is 14.3. The van der Waals surface area contributed by atoms with Crippen molar-refractivity contribution in [3.63, 3.8) is 0 Å². The predicted molar refractivity (Wildman–Crippen MR) is 92.8 cm³/mol. The maximum absolute atomic E-state index is 12.0. The first-order valence-corrected chi connectivity index (χ1v) is 8.40. The molecule has 1 N–H and O–H groups in total. The van der Waals surface area contributed by atoms with Crippen LogP contribution < -0.4 is 5.32 Å². The highest BCUT2D eigenvalue weighted by molar-refractivity contribution is 5.67. The van der Waals surface area contributed by atoms with E-state index in [9.17, 15) is 4.79 Å². The molecule has 0 unspecified atom stereocenters. The Balaban J connectivity index is 2.37. The fourth-order valence-corrected chi connectivity index (χ4v) is 2.94. The summed E-state index contributed by atoms with van der Waals surface area (Å²) >= 11 is 0. The summed E-state index contributed by atoms with van der Waals surface area (Å²) in [5.74, 6) is 0.477. The zero-order valence-electron chi connectivity index (χ0n) is 14.4. The monoisotopic (exact) mass is 305 g/mol. The first-order chi connectivity index (χ1) is 10.5. The van der Waals surface area contributed by atoms with Crippen LogP contribution in [0.2, 0.25) is 0 Å². The average Bonchev–Trinajstić information content (AvgIpc) is 2.51. The van der Waals surface area contributed by atoms with Gasteiger partial charge in [0.15, 0.2) is 0 Å². The molecular formula is C19H31NO2. The van der Waals surface area contributed by atoms with Gasteiger partial charge in [0.2, 0.25) is 0 Å². The Kier molecular flexibility index (Phi) is 8.00. The van der Waals surface area contributed by atoms with Crippen molar-refractivity contribution in [2.24, 2.45) is 5.92 Å². The Morgan fingerprint density at radius 3 is 2.59 bits per heavy atom. The van der Waals surface area contributed by atoms with Crippen LogP contribution in [-0.4, -0.2) is 18.2 Å². The molecule has 3 nitrogen and oxygen atoms in total. The summed E-state index contributed by atoms with van der Waals surface area (Å²) in [5.41, 5.74) is 0.719. The zero-order chi connectivity index (χ0) is 16.4. The van der Waals surface area contributed by atoms with Gasteiger partial charge in [-0.1, -0.05) is 50.1 Å². The van der Waals surface area contributed by atoms with Crippen LogP contribution in [0, 0.1) is 5.92 Å². The lowest BCUT2D eigenvalue weighted by Gasteiger charge is -2.36. The van der Waals surface area contributed by atoms with E-state index < -0.39 is 0 Å². The fourth-order valence-electron chi connectivity index (χ4n) is 2.94. The molecule has 1 amide bonds. The van der Waals surface area contributed by atoms with Crippen LogP contribution in [-0.2, 0) is 4.74 Å². The third-order valence-electron chi connectivity index (χ3n) is 4.39. The van der Waals surface area contributed by atoms with Crippen molar-refractivity contribution in [3.05, 3.63) is 36.5 Å². The number of rotatable bonds is 7. The minimum Gasteiger partial charge on any atom is -0.443 e. The third kappa shape index (κ3) is 6.50. The second-order valence-electron chi connectivity index (χ2n) is 6.48. The molecule has 1 rings (SSSR count). The molecule has 3 heteroatoms. The fraction of sp³-hybridized carbons (Fsp3) is 0.632. The van der Waals surface area contributed by atoms with E-state index in [0.717, 1.165) is 24.8 Å². The number of carbonyl (C=O) groups is 1. The number of amides is 1. The number of alkyl carbamates (subject to hydrolysis) is 1. The quantitative estimate of drug-likeness (QED) is 0.660. The SMILES string of the molecule is C=CC(=CC=CC)CCNC(=O)OC(C)(C)C1CCCCC1. The number of hydrogen-bond acceptors (Lipinski definition) is 2. The van der Waals surface area contributed by atoms with Crippen molar-refractivity contribution in [1.82, 2.24) is 5.32 Å². The van der Waals surface area contributed by atoms with Gasteiger partial charge in [-0.2, -0.15) is 0 Å². The molecule has 1 fully saturated rings. The lowest BCUT2D eigenvalue weighted by atomic mass is 9.79. The summed E-state index contributed by atoms with van der Waals surface area (Å²) in [5, 5.41) is 2.85. The first-order valence-electron chi connectivity index (χ1n) is 8.40. The van der Waals surface area contributed by atoms with Gasteiger partial charge in [0.25, 0.3) is 0 Å². The van der Waals surface area contributed by atoms with Crippen LogP contribution in [0.15, 0.2) is 36.5 Å². The summed E-state index contributed by atoms with van der Waals surface area (Å²) in [7, 11) is 0. The maximum atomic E-state index is 12.0. The highest BCUT2D eigenvalue weighted by Crippen LogP contribution is 2.34. The van der Waals surface area contributed by atoms with E-state index in [0.29, 0.717) is 12.5 Å². The molecular weight excluding hydrogens is 274 g/mol. The number of hydrogen-bond donors (Lipinski definition) is 1. The van der Waals surface area contributed by atoms with Gasteiger partial charge in [-0.15, -0.1) is 0 Å². The van der Waals surface area contributed by atoms with Gasteiger partial charge in [-0.3, -0.25) is 0 Å². The maximum Gasteiger partial charge on any atom is 0.407 e. The largest absolute Gasteiger partial charge is 0.443 e. The van der Waals surface area contributed by atoms with E-state index in [1.807, 2.05) is 45.1 Å². The minimum absolute atomic E-state index is 0.315. The second-order valence-corrected chi connectivity index (χ2v) is 6.48. The Bertz CT molecular complexity index is 415.